The van der Waals surface area contributed by atoms with Crippen LogP contribution in [0, 0.1) is 0 Å². The number of nitrogens with zero attached hydrogens (tertiary/aromatic N) is 3. The van der Waals surface area contributed by atoms with Crippen LogP contribution in [0.1, 0.15) is 50.7 Å². The molecule has 4 rings (SSSR count). The predicted octanol–water partition coefficient (Wildman–Crippen LogP) is 3.59. The lowest BCUT2D eigenvalue weighted by Gasteiger charge is -2.38. The normalized spacial score (nSPS) is 17.9. The summed E-state index contributed by atoms with van der Waals surface area (Å²) in [5, 5.41) is 2.87. The van der Waals surface area contributed by atoms with E-state index in [-0.39, 0.29) is 30.8 Å². The first kappa shape index (κ1) is 23.9. The molecule has 0 radical (unpaired) electrons. The molecule has 0 aliphatic carbocycles. The van der Waals surface area contributed by atoms with Crippen LogP contribution >= 0.6 is 0 Å². The molecule has 1 aromatic heterocycles. The Morgan fingerprint density at radius 3 is 2.44 bits per heavy atom. The number of rotatable bonds is 10. The Bertz CT molecular complexity index is 1120. The van der Waals surface area contributed by atoms with E-state index in [0.717, 1.165) is 22.4 Å². The molecule has 0 saturated heterocycles. The Morgan fingerprint density at radius 2 is 1.74 bits per heavy atom. The van der Waals surface area contributed by atoms with Gasteiger partial charge in [-0.1, -0.05) is 42.5 Å². The van der Waals surface area contributed by atoms with Gasteiger partial charge in [-0.05, 0) is 38.5 Å². The van der Waals surface area contributed by atoms with Gasteiger partial charge < -0.3 is 24.3 Å². The van der Waals surface area contributed by atoms with Crippen LogP contribution in [0.2, 0.25) is 0 Å². The van der Waals surface area contributed by atoms with Crippen molar-refractivity contribution >= 4 is 22.8 Å². The quantitative estimate of drug-likeness (QED) is 0.464. The molecule has 8 heteroatoms. The van der Waals surface area contributed by atoms with Crippen LogP contribution in [0.5, 0.6) is 0 Å². The van der Waals surface area contributed by atoms with Crippen molar-refractivity contribution in [3.8, 4) is 0 Å². The van der Waals surface area contributed by atoms with Crippen molar-refractivity contribution in [3.63, 3.8) is 0 Å². The summed E-state index contributed by atoms with van der Waals surface area (Å²) in [7, 11) is 0. The lowest BCUT2D eigenvalue weighted by Crippen LogP contribution is -2.46. The Hall–Kier alpha value is -3.23. The number of carbonyl (C=O) groups excluding carboxylic acids is 2. The van der Waals surface area contributed by atoms with Crippen molar-refractivity contribution in [1.29, 1.82) is 0 Å². The fraction of sp³-hybridized carbons (Fsp3) is 0.423. The maximum atomic E-state index is 13.8. The molecule has 1 N–H and O–H groups in total. The minimum atomic E-state index is -0.681. The molecule has 0 bridgehead atoms. The largest absolute Gasteiger partial charge is 0.351 e. The van der Waals surface area contributed by atoms with Crippen molar-refractivity contribution in [2.75, 3.05) is 19.8 Å². The first-order chi connectivity index (χ1) is 16.5. The molecule has 3 aromatic rings. The van der Waals surface area contributed by atoms with Crippen LogP contribution in [-0.2, 0) is 25.6 Å². The van der Waals surface area contributed by atoms with Gasteiger partial charge in [-0.25, -0.2) is 4.98 Å². The van der Waals surface area contributed by atoms with Crippen LogP contribution in [0.3, 0.4) is 0 Å². The zero-order valence-corrected chi connectivity index (χ0v) is 19.9. The van der Waals surface area contributed by atoms with Gasteiger partial charge in [0, 0.05) is 19.8 Å². The van der Waals surface area contributed by atoms with E-state index in [4.69, 9.17) is 14.5 Å². The van der Waals surface area contributed by atoms with Gasteiger partial charge in [-0.3, -0.25) is 9.59 Å². The van der Waals surface area contributed by atoms with Crippen molar-refractivity contribution < 1.29 is 19.1 Å². The van der Waals surface area contributed by atoms with Gasteiger partial charge in [0.25, 0.3) is 0 Å². The van der Waals surface area contributed by atoms with Crippen molar-refractivity contribution in [1.82, 2.24) is 19.8 Å². The van der Waals surface area contributed by atoms with Gasteiger partial charge >= 0.3 is 0 Å². The first-order valence-corrected chi connectivity index (χ1v) is 11.8. The zero-order chi connectivity index (χ0) is 24.1. The predicted molar refractivity (Wildman–Crippen MR) is 129 cm³/mol. The minimum Gasteiger partial charge on any atom is -0.351 e. The average molecular weight is 465 g/mol. The summed E-state index contributed by atoms with van der Waals surface area (Å²) in [6.45, 7) is 7.40. The molecule has 0 spiro atoms. The molecular weight excluding hydrogens is 432 g/mol. The smallest absolute Gasteiger partial charge is 0.247 e. The summed E-state index contributed by atoms with van der Waals surface area (Å²) < 4.78 is 13.0. The van der Waals surface area contributed by atoms with Crippen LogP contribution in [0.25, 0.3) is 11.0 Å². The highest BCUT2D eigenvalue weighted by molar-refractivity contribution is 5.90. The number of carbonyl (C=O) groups is 2. The summed E-state index contributed by atoms with van der Waals surface area (Å²) >= 11 is 0. The van der Waals surface area contributed by atoms with Crippen LogP contribution in [0.15, 0.2) is 54.6 Å². The molecule has 2 amide bonds. The maximum absolute atomic E-state index is 13.8. The number of benzene rings is 2. The van der Waals surface area contributed by atoms with E-state index in [9.17, 15) is 9.59 Å². The van der Waals surface area contributed by atoms with Crippen LogP contribution < -0.4 is 5.32 Å². The Morgan fingerprint density at radius 1 is 1.06 bits per heavy atom. The van der Waals surface area contributed by atoms with E-state index >= 15 is 0 Å². The molecule has 2 unspecified atom stereocenters. The number of hydrogen-bond acceptors (Lipinski definition) is 5. The topological polar surface area (TPSA) is 85.7 Å². The highest BCUT2D eigenvalue weighted by Crippen LogP contribution is 2.37. The van der Waals surface area contributed by atoms with Crippen LogP contribution in [-0.4, -0.2) is 52.3 Å². The Balaban J connectivity index is 1.61. The van der Waals surface area contributed by atoms with E-state index in [0.29, 0.717) is 19.8 Å². The molecule has 2 aromatic carbocycles. The summed E-state index contributed by atoms with van der Waals surface area (Å²) in [5.74, 6) is 0.463. The summed E-state index contributed by atoms with van der Waals surface area (Å²) in [4.78, 5) is 33.4. The molecule has 2 heterocycles. The van der Waals surface area contributed by atoms with Gasteiger partial charge in [0.2, 0.25) is 11.8 Å². The fourth-order valence-electron chi connectivity index (χ4n) is 4.47. The third kappa shape index (κ3) is 4.98. The standard InChI is InChI=1S/C26H32N4O4/c1-4-33-24(34-5-2)16-27-23(31)15-22-26(32)29(17-19-11-7-6-8-12-19)18(3)25-28-20-13-9-10-14-21(20)30(22)25/h6-14,18,22,24H,4-5,15-17H2,1-3H3,(H,27,31). The van der Waals surface area contributed by atoms with E-state index in [2.05, 4.69) is 5.32 Å². The van der Waals surface area contributed by atoms with E-state index in [1.807, 2.05) is 84.8 Å². The van der Waals surface area contributed by atoms with Gasteiger partial charge in [-0.2, -0.15) is 0 Å². The van der Waals surface area contributed by atoms with Gasteiger partial charge in [0.1, 0.15) is 11.9 Å². The molecule has 0 saturated carbocycles. The number of amides is 2. The average Bonchev–Trinajstić information content (AvgIpc) is 3.24. The Labute approximate surface area is 199 Å². The van der Waals surface area contributed by atoms with E-state index < -0.39 is 12.3 Å². The second-order valence-electron chi connectivity index (χ2n) is 8.32. The monoisotopic (exact) mass is 464 g/mol. The van der Waals surface area contributed by atoms with E-state index in [1.165, 1.54) is 0 Å². The third-order valence-electron chi connectivity index (χ3n) is 6.09. The lowest BCUT2D eigenvalue weighted by atomic mass is 10.0. The van der Waals surface area contributed by atoms with Crippen molar-refractivity contribution in [2.45, 2.75) is 52.1 Å². The summed E-state index contributed by atoms with van der Waals surface area (Å²) in [6.07, 6.45) is -0.505. The molecule has 1 aliphatic rings. The second kappa shape index (κ2) is 10.8. The second-order valence-corrected chi connectivity index (χ2v) is 8.32. The number of imidazole rings is 1. The maximum Gasteiger partial charge on any atom is 0.247 e. The zero-order valence-electron chi connectivity index (χ0n) is 19.9. The van der Waals surface area contributed by atoms with Gasteiger partial charge in [0.15, 0.2) is 6.29 Å². The highest BCUT2D eigenvalue weighted by atomic mass is 16.7. The number of hydrogen-bond donors (Lipinski definition) is 1. The SMILES string of the molecule is CCOC(CNC(=O)CC1C(=O)N(Cc2ccccc2)C(C)c2nc3ccccc3n21)OCC. The Kier molecular flexibility index (Phi) is 7.59. The number of fused-ring (bicyclic) bond motifs is 3. The minimum absolute atomic E-state index is 0.00909. The number of para-hydroxylation sites is 2. The summed E-state index contributed by atoms with van der Waals surface area (Å²) in [6, 6.07) is 16.7. The lowest BCUT2D eigenvalue weighted by molar-refractivity contribution is -0.145. The van der Waals surface area contributed by atoms with Crippen molar-refractivity contribution in [2.24, 2.45) is 0 Å². The molecule has 34 heavy (non-hydrogen) atoms. The summed E-state index contributed by atoms with van der Waals surface area (Å²) in [5.41, 5.74) is 2.71. The number of ether oxygens (including phenoxy) is 2. The molecule has 8 nitrogen and oxygen atoms in total. The van der Waals surface area contributed by atoms with Crippen LogP contribution in [0.4, 0.5) is 0 Å². The van der Waals surface area contributed by atoms with E-state index in [1.54, 1.807) is 0 Å². The third-order valence-corrected chi connectivity index (χ3v) is 6.09. The highest BCUT2D eigenvalue weighted by Gasteiger charge is 2.40. The fourth-order valence-corrected chi connectivity index (χ4v) is 4.47. The molecule has 180 valence electrons. The number of nitrogens with one attached hydrogen (secondary N) is 1. The van der Waals surface area contributed by atoms with Crippen molar-refractivity contribution in [3.05, 3.63) is 66.0 Å². The first-order valence-electron chi connectivity index (χ1n) is 11.8. The molecule has 2 atom stereocenters. The molecular formula is C26H32N4O4. The molecule has 1 aliphatic heterocycles. The van der Waals surface area contributed by atoms with Gasteiger partial charge in [-0.15, -0.1) is 0 Å². The number of aromatic nitrogens is 2. The molecule has 0 fully saturated rings. The van der Waals surface area contributed by atoms with Gasteiger partial charge in [0.05, 0.1) is 30.0 Å².